The first-order chi connectivity index (χ1) is 17.0. The van der Waals surface area contributed by atoms with Gasteiger partial charge in [-0.25, -0.2) is 4.39 Å². The van der Waals surface area contributed by atoms with Crippen molar-refractivity contribution in [2.75, 3.05) is 32.1 Å². The summed E-state index contributed by atoms with van der Waals surface area (Å²) in [5.41, 5.74) is 3.35. The van der Waals surface area contributed by atoms with Gasteiger partial charge in [-0.3, -0.25) is 14.6 Å². The fourth-order valence-electron chi connectivity index (χ4n) is 4.34. The summed E-state index contributed by atoms with van der Waals surface area (Å²) < 4.78 is 25.8. The maximum Gasteiger partial charge on any atom is 0.255 e. The minimum absolute atomic E-state index is 0.0391. The van der Waals surface area contributed by atoms with Crippen LogP contribution in [0, 0.1) is 5.82 Å². The van der Waals surface area contributed by atoms with E-state index < -0.39 is 5.82 Å². The number of benzene rings is 1. The summed E-state index contributed by atoms with van der Waals surface area (Å²) in [6.07, 6.45) is 4.91. The van der Waals surface area contributed by atoms with Gasteiger partial charge in [0, 0.05) is 30.4 Å². The van der Waals surface area contributed by atoms with Gasteiger partial charge in [-0.05, 0) is 24.3 Å². The van der Waals surface area contributed by atoms with Crippen LogP contribution >= 0.6 is 0 Å². The second-order valence-corrected chi connectivity index (χ2v) is 8.24. The minimum atomic E-state index is -0.524. The Labute approximate surface area is 200 Å². The van der Waals surface area contributed by atoms with E-state index in [0.29, 0.717) is 60.0 Å². The molecule has 180 valence electrons. The molecule has 0 spiro atoms. The van der Waals surface area contributed by atoms with Gasteiger partial charge in [0.2, 0.25) is 5.91 Å². The van der Waals surface area contributed by atoms with Crippen molar-refractivity contribution in [3.05, 3.63) is 66.4 Å². The molecule has 0 unspecified atom stereocenters. The SMILES string of the molecule is C=CC(=O)N1CC(Oc2cnccc2-c2[nH]c3c(c2Nc2cccc(F)c2OC)C(=O)NCC3)C1. The van der Waals surface area contributed by atoms with Crippen molar-refractivity contribution in [1.82, 2.24) is 20.2 Å². The summed E-state index contributed by atoms with van der Waals surface area (Å²) in [6, 6.07) is 6.32. The fraction of sp³-hybridized carbons (Fsp3) is 0.240. The largest absolute Gasteiger partial charge is 0.492 e. The number of halogens is 1. The first kappa shape index (κ1) is 22.5. The second kappa shape index (κ2) is 9.13. The van der Waals surface area contributed by atoms with Gasteiger partial charge in [-0.1, -0.05) is 12.6 Å². The molecular weight excluding hydrogens is 453 g/mol. The normalized spacial score (nSPS) is 15.0. The number of hydrogen-bond acceptors (Lipinski definition) is 6. The molecule has 2 aliphatic heterocycles. The molecule has 1 saturated heterocycles. The number of nitrogens with zero attached hydrogens (tertiary/aromatic N) is 2. The van der Waals surface area contributed by atoms with E-state index in [1.165, 1.54) is 19.3 Å². The van der Waals surface area contributed by atoms with Crippen LogP contribution in [-0.2, 0) is 11.2 Å². The molecule has 0 atom stereocenters. The Hall–Kier alpha value is -4.34. The van der Waals surface area contributed by atoms with Crippen molar-refractivity contribution >= 4 is 23.2 Å². The highest BCUT2D eigenvalue weighted by molar-refractivity contribution is 6.06. The molecule has 1 fully saturated rings. The standard InChI is InChI=1S/C25H24FN5O4/c1-3-20(32)31-12-14(13-31)35-19-11-27-9-7-15(19)22-23(21-17(29-22)8-10-28-25(21)33)30-18-6-4-5-16(26)24(18)34-2/h3-7,9,11,14,29-30H,1,8,10,12-13H2,2H3,(H,28,33). The summed E-state index contributed by atoms with van der Waals surface area (Å²) >= 11 is 0. The van der Waals surface area contributed by atoms with E-state index in [0.717, 1.165) is 5.69 Å². The number of hydrogen-bond donors (Lipinski definition) is 3. The molecule has 0 saturated carbocycles. The quantitative estimate of drug-likeness (QED) is 0.452. The number of carbonyl (C=O) groups excluding carboxylic acids is 2. The summed E-state index contributed by atoms with van der Waals surface area (Å²) in [4.78, 5) is 33.8. The van der Waals surface area contributed by atoms with E-state index in [1.807, 2.05) is 0 Å². The number of aromatic amines is 1. The number of fused-ring (bicyclic) bond motifs is 1. The predicted molar refractivity (Wildman–Crippen MR) is 127 cm³/mol. The Kier molecular flexibility index (Phi) is 5.86. The third kappa shape index (κ3) is 4.07. The summed E-state index contributed by atoms with van der Waals surface area (Å²) in [7, 11) is 1.39. The Morgan fingerprint density at radius 2 is 2.17 bits per heavy atom. The number of likely N-dealkylation sites (tertiary alicyclic amines) is 1. The van der Waals surface area contributed by atoms with E-state index in [4.69, 9.17) is 9.47 Å². The van der Waals surface area contributed by atoms with Gasteiger partial charge >= 0.3 is 0 Å². The molecule has 4 heterocycles. The molecule has 0 aliphatic carbocycles. The van der Waals surface area contributed by atoms with Gasteiger partial charge in [0.05, 0.1) is 49.0 Å². The summed E-state index contributed by atoms with van der Waals surface area (Å²) in [5.74, 6) is -0.367. The van der Waals surface area contributed by atoms with Gasteiger partial charge < -0.3 is 30.0 Å². The fourth-order valence-corrected chi connectivity index (χ4v) is 4.34. The average molecular weight is 477 g/mol. The van der Waals surface area contributed by atoms with E-state index in [1.54, 1.807) is 35.5 Å². The van der Waals surface area contributed by atoms with E-state index >= 15 is 0 Å². The molecule has 10 heteroatoms. The van der Waals surface area contributed by atoms with Crippen molar-refractivity contribution in [3.63, 3.8) is 0 Å². The first-order valence-electron chi connectivity index (χ1n) is 11.1. The third-order valence-electron chi connectivity index (χ3n) is 6.08. The topological polar surface area (TPSA) is 109 Å². The molecular formula is C25H24FN5O4. The van der Waals surface area contributed by atoms with E-state index in [2.05, 4.69) is 27.2 Å². The number of carbonyl (C=O) groups is 2. The van der Waals surface area contributed by atoms with Crippen LogP contribution < -0.4 is 20.1 Å². The zero-order chi connectivity index (χ0) is 24.5. The van der Waals surface area contributed by atoms with Crippen LogP contribution in [0.15, 0.2) is 49.3 Å². The van der Waals surface area contributed by atoms with Gasteiger partial charge in [0.15, 0.2) is 11.6 Å². The summed E-state index contributed by atoms with van der Waals surface area (Å²) in [5, 5.41) is 6.07. The number of anilines is 2. The lowest BCUT2D eigenvalue weighted by atomic mass is 10.0. The predicted octanol–water partition coefficient (Wildman–Crippen LogP) is 3.03. The monoisotopic (exact) mass is 477 g/mol. The highest BCUT2D eigenvalue weighted by atomic mass is 19.1. The maximum absolute atomic E-state index is 14.4. The molecule has 2 aliphatic rings. The zero-order valence-electron chi connectivity index (χ0n) is 19.1. The van der Waals surface area contributed by atoms with Crippen molar-refractivity contribution in [3.8, 4) is 22.8 Å². The molecule has 0 radical (unpaired) electrons. The smallest absolute Gasteiger partial charge is 0.255 e. The number of pyridine rings is 1. The van der Waals surface area contributed by atoms with Crippen LogP contribution in [-0.4, -0.2) is 59.5 Å². The van der Waals surface area contributed by atoms with Crippen LogP contribution in [0.1, 0.15) is 16.1 Å². The number of H-pyrrole nitrogens is 1. The lowest BCUT2D eigenvalue weighted by Crippen LogP contribution is -2.55. The highest BCUT2D eigenvalue weighted by Gasteiger charge is 2.33. The van der Waals surface area contributed by atoms with E-state index in [-0.39, 0.29) is 23.7 Å². The Morgan fingerprint density at radius 3 is 2.94 bits per heavy atom. The number of ether oxygens (including phenoxy) is 2. The van der Waals surface area contributed by atoms with Crippen LogP contribution in [0.2, 0.25) is 0 Å². The molecule has 3 aromatic rings. The van der Waals surface area contributed by atoms with Gasteiger partial charge in [0.1, 0.15) is 11.9 Å². The van der Waals surface area contributed by atoms with Crippen molar-refractivity contribution in [2.24, 2.45) is 0 Å². The first-order valence-corrected chi connectivity index (χ1v) is 11.1. The molecule has 1 aromatic carbocycles. The van der Waals surface area contributed by atoms with E-state index in [9.17, 15) is 14.0 Å². The highest BCUT2D eigenvalue weighted by Crippen LogP contribution is 2.42. The number of aromatic nitrogens is 2. The van der Waals surface area contributed by atoms with Gasteiger partial charge in [-0.15, -0.1) is 0 Å². The average Bonchev–Trinajstić information content (AvgIpc) is 3.20. The second-order valence-electron chi connectivity index (χ2n) is 8.24. The number of rotatable bonds is 7. The summed E-state index contributed by atoms with van der Waals surface area (Å²) in [6.45, 7) is 4.89. The molecule has 9 nitrogen and oxygen atoms in total. The zero-order valence-corrected chi connectivity index (χ0v) is 19.1. The Bertz CT molecular complexity index is 1320. The molecule has 5 rings (SSSR count). The molecule has 0 bridgehead atoms. The van der Waals surface area contributed by atoms with Gasteiger partial charge in [0.25, 0.3) is 5.91 Å². The number of amides is 2. The van der Waals surface area contributed by atoms with Crippen LogP contribution in [0.3, 0.4) is 0 Å². The lowest BCUT2D eigenvalue weighted by Gasteiger charge is -2.38. The molecule has 2 amide bonds. The number of para-hydroxylation sites is 1. The van der Waals surface area contributed by atoms with Crippen LogP contribution in [0.5, 0.6) is 11.5 Å². The molecule has 2 aromatic heterocycles. The van der Waals surface area contributed by atoms with Crippen molar-refractivity contribution in [1.29, 1.82) is 0 Å². The van der Waals surface area contributed by atoms with Crippen molar-refractivity contribution < 1.29 is 23.5 Å². The van der Waals surface area contributed by atoms with Crippen molar-refractivity contribution in [2.45, 2.75) is 12.5 Å². The molecule has 35 heavy (non-hydrogen) atoms. The maximum atomic E-state index is 14.4. The Balaban J connectivity index is 1.54. The van der Waals surface area contributed by atoms with Crippen LogP contribution in [0.25, 0.3) is 11.3 Å². The number of nitrogens with one attached hydrogen (secondary N) is 3. The van der Waals surface area contributed by atoms with Gasteiger partial charge in [-0.2, -0.15) is 0 Å². The molecule has 3 N–H and O–H groups in total. The Morgan fingerprint density at radius 1 is 1.34 bits per heavy atom. The van der Waals surface area contributed by atoms with Crippen LogP contribution in [0.4, 0.5) is 15.8 Å². The third-order valence-corrected chi connectivity index (χ3v) is 6.08. The number of methoxy groups -OCH3 is 1. The minimum Gasteiger partial charge on any atom is -0.492 e. The lowest BCUT2D eigenvalue weighted by molar-refractivity contribution is -0.134.